The van der Waals surface area contributed by atoms with Gasteiger partial charge in [-0.2, -0.15) is 0 Å². The third kappa shape index (κ3) is 1.38. The molecule has 0 saturated heterocycles. The number of anilines is 1. The molecule has 2 aromatic rings. The predicted molar refractivity (Wildman–Crippen MR) is 63.7 cm³/mol. The molecule has 0 spiro atoms. The summed E-state index contributed by atoms with van der Waals surface area (Å²) in [4.78, 5) is 4.46. The topological polar surface area (TPSA) is 24.9 Å². The molecule has 0 radical (unpaired) electrons. The fraction of sp³-hybridized carbons (Fsp3) is 0.182. The molecule has 14 heavy (non-hydrogen) atoms. The molecule has 0 bridgehead atoms. The van der Waals surface area contributed by atoms with Crippen LogP contribution in [0.5, 0.6) is 0 Å². The molecule has 0 atom stereocenters. The number of pyridine rings is 1. The number of fused-ring (bicyclic) bond motifs is 1. The number of aryl methyl sites for hydroxylation is 1. The van der Waals surface area contributed by atoms with Crippen LogP contribution in [0.25, 0.3) is 10.8 Å². The van der Waals surface area contributed by atoms with Crippen molar-refractivity contribution in [2.45, 2.75) is 6.92 Å². The number of benzene rings is 1. The van der Waals surface area contributed by atoms with Gasteiger partial charge in [0.1, 0.15) is 5.82 Å². The van der Waals surface area contributed by atoms with E-state index in [0.717, 1.165) is 21.4 Å². The minimum Gasteiger partial charge on any atom is -0.373 e. The quantitative estimate of drug-likeness (QED) is 0.840. The van der Waals surface area contributed by atoms with Crippen molar-refractivity contribution in [3.63, 3.8) is 0 Å². The highest BCUT2D eigenvalue weighted by Gasteiger charge is 2.06. The van der Waals surface area contributed by atoms with Crippen LogP contribution in [-0.2, 0) is 0 Å². The van der Waals surface area contributed by atoms with Gasteiger partial charge in [-0.3, -0.25) is 0 Å². The van der Waals surface area contributed by atoms with Crippen LogP contribution in [0, 0.1) is 6.92 Å². The molecule has 72 valence electrons. The number of nitrogens with one attached hydrogen (secondary N) is 1. The van der Waals surface area contributed by atoms with Crippen LogP contribution in [0.15, 0.2) is 28.7 Å². The van der Waals surface area contributed by atoms with Gasteiger partial charge in [0.05, 0.1) is 5.69 Å². The number of halogens is 1. The van der Waals surface area contributed by atoms with Gasteiger partial charge in [-0.25, -0.2) is 4.98 Å². The number of rotatable bonds is 1. The average molecular weight is 251 g/mol. The van der Waals surface area contributed by atoms with Crippen LogP contribution in [0.4, 0.5) is 5.82 Å². The maximum Gasteiger partial charge on any atom is 0.133 e. The fourth-order valence-corrected chi connectivity index (χ4v) is 1.98. The molecule has 1 aromatic carbocycles. The first-order valence-corrected chi connectivity index (χ1v) is 5.26. The van der Waals surface area contributed by atoms with Crippen molar-refractivity contribution in [2.24, 2.45) is 0 Å². The predicted octanol–water partition coefficient (Wildman–Crippen LogP) is 3.35. The van der Waals surface area contributed by atoms with E-state index in [4.69, 9.17) is 0 Å². The van der Waals surface area contributed by atoms with Crippen molar-refractivity contribution < 1.29 is 0 Å². The van der Waals surface area contributed by atoms with Gasteiger partial charge in [-0.05, 0) is 22.9 Å². The summed E-state index contributed by atoms with van der Waals surface area (Å²) in [5.74, 6) is 0.932. The molecule has 0 aliphatic carbocycles. The van der Waals surface area contributed by atoms with Gasteiger partial charge in [0.25, 0.3) is 0 Å². The lowest BCUT2D eigenvalue weighted by molar-refractivity contribution is 1.19. The Labute approximate surface area is 91.5 Å². The van der Waals surface area contributed by atoms with Crippen LogP contribution in [0.2, 0.25) is 0 Å². The summed E-state index contributed by atoms with van der Waals surface area (Å²) in [7, 11) is 1.89. The molecule has 0 unspecified atom stereocenters. The zero-order chi connectivity index (χ0) is 10.1. The van der Waals surface area contributed by atoms with E-state index in [9.17, 15) is 0 Å². The molecule has 1 N–H and O–H groups in total. The number of hydrogen-bond donors (Lipinski definition) is 1. The summed E-state index contributed by atoms with van der Waals surface area (Å²) < 4.78 is 1.08. The molecule has 2 nitrogen and oxygen atoms in total. The Morgan fingerprint density at radius 2 is 1.86 bits per heavy atom. The van der Waals surface area contributed by atoms with E-state index in [1.54, 1.807) is 0 Å². The largest absolute Gasteiger partial charge is 0.373 e. The van der Waals surface area contributed by atoms with E-state index in [0.29, 0.717) is 0 Å². The summed E-state index contributed by atoms with van der Waals surface area (Å²) in [6.45, 7) is 2.00. The van der Waals surface area contributed by atoms with Crippen LogP contribution in [0.3, 0.4) is 0 Å². The third-order valence-corrected chi connectivity index (χ3v) is 3.25. The Balaban J connectivity index is 2.89. The number of nitrogens with zero attached hydrogens (tertiary/aromatic N) is 1. The van der Waals surface area contributed by atoms with Crippen molar-refractivity contribution >= 4 is 32.5 Å². The molecule has 2 rings (SSSR count). The lowest BCUT2D eigenvalue weighted by atomic mass is 10.1. The molecule has 0 saturated carbocycles. The smallest absolute Gasteiger partial charge is 0.133 e. The number of hydrogen-bond acceptors (Lipinski definition) is 2. The second kappa shape index (κ2) is 3.58. The van der Waals surface area contributed by atoms with E-state index in [-0.39, 0.29) is 0 Å². The Bertz CT molecular complexity index is 480. The van der Waals surface area contributed by atoms with E-state index in [1.165, 1.54) is 5.39 Å². The third-order valence-electron chi connectivity index (χ3n) is 2.25. The molecule has 1 aromatic heterocycles. The van der Waals surface area contributed by atoms with E-state index in [1.807, 2.05) is 26.1 Å². The summed E-state index contributed by atoms with van der Waals surface area (Å²) in [6, 6.07) is 8.21. The van der Waals surface area contributed by atoms with Gasteiger partial charge in [0.15, 0.2) is 0 Å². The monoisotopic (exact) mass is 250 g/mol. The Morgan fingerprint density at radius 3 is 2.50 bits per heavy atom. The minimum atomic E-state index is 0.932. The van der Waals surface area contributed by atoms with Gasteiger partial charge >= 0.3 is 0 Å². The lowest BCUT2D eigenvalue weighted by Crippen LogP contribution is -1.96. The molecule has 0 aliphatic rings. The maximum atomic E-state index is 4.46. The standard InChI is InChI=1S/C11H11BrN2/c1-7-10(12)8-5-3-4-6-9(8)11(13-2)14-7/h3-6H,1-2H3,(H,13,14). The normalized spacial score (nSPS) is 10.5. The van der Waals surface area contributed by atoms with Crippen molar-refractivity contribution in [2.75, 3.05) is 12.4 Å². The van der Waals surface area contributed by atoms with Crippen LogP contribution in [-0.4, -0.2) is 12.0 Å². The highest BCUT2D eigenvalue weighted by atomic mass is 79.9. The first kappa shape index (κ1) is 9.46. The van der Waals surface area contributed by atoms with Crippen molar-refractivity contribution in [3.05, 3.63) is 34.4 Å². The van der Waals surface area contributed by atoms with Crippen molar-refractivity contribution in [3.8, 4) is 0 Å². The maximum absolute atomic E-state index is 4.46. The van der Waals surface area contributed by atoms with Gasteiger partial charge in [0, 0.05) is 22.3 Å². The molecule has 0 aliphatic heterocycles. The zero-order valence-corrected chi connectivity index (χ0v) is 9.72. The molecule has 3 heteroatoms. The SMILES string of the molecule is CNc1nc(C)c(Br)c2ccccc12. The van der Waals surface area contributed by atoms with E-state index >= 15 is 0 Å². The fourth-order valence-electron chi connectivity index (χ4n) is 1.54. The molecule has 0 amide bonds. The second-order valence-corrected chi connectivity index (χ2v) is 3.95. The van der Waals surface area contributed by atoms with Crippen LogP contribution in [0.1, 0.15) is 5.69 Å². The summed E-state index contributed by atoms with van der Waals surface area (Å²) in [5, 5.41) is 5.45. The molecular weight excluding hydrogens is 240 g/mol. The van der Waals surface area contributed by atoms with E-state index in [2.05, 4.69) is 38.4 Å². The lowest BCUT2D eigenvalue weighted by Gasteiger charge is -2.08. The molecule has 1 heterocycles. The Hall–Kier alpha value is -1.09. The summed E-state index contributed by atoms with van der Waals surface area (Å²) >= 11 is 3.55. The Kier molecular flexibility index (Phi) is 2.42. The van der Waals surface area contributed by atoms with Gasteiger partial charge < -0.3 is 5.32 Å². The van der Waals surface area contributed by atoms with Gasteiger partial charge in [-0.1, -0.05) is 24.3 Å². The van der Waals surface area contributed by atoms with Crippen molar-refractivity contribution in [1.29, 1.82) is 0 Å². The average Bonchev–Trinajstić information content (AvgIpc) is 2.23. The zero-order valence-electron chi connectivity index (χ0n) is 8.13. The first-order chi connectivity index (χ1) is 6.74. The summed E-state index contributed by atoms with van der Waals surface area (Å²) in [6.07, 6.45) is 0. The highest BCUT2D eigenvalue weighted by Crippen LogP contribution is 2.30. The molecular formula is C11H11BrN2. The van der Waals surface area contributed by atoms with Gasteiger partial charge in [-0.15, -0.1) is 0 Å². The highest BCUT2D eigenvalue weighted by molar-refractivity contribution is 9.10. The van der Waals surface area contributed by atoms with Crippen LogP contribution >= 0.6 is 15.9 Å². The first-order valence-electron chi connectivity index (χ1n) is 4.46. The number of aromatic nitrogens is 1. The van der Waals surface area contributed by atoms with Crippen molar-refractivity contribution in [1.82, 2.24) is 4.98 Å². The van der Waals surface area contributed by atoms with Gasteiger partial charge in [0.2, 0.25) is 0 Å². The minimum absolute atomic E-state index is 0.932. The van der Waals surface area contributed by atoms with E-state index < -0.39 is 0 Å². The molecule has 0 fully saturated rings. The second-order valence-electron chi connectivity index (χ2n) is 3.16. The van der Waals surface area contributed by atoms with Crippen LogP contribution < -0.4 is 5.32 Å². The summed E-state index contributed by atoms with van der Waals surface area (Å²) in [5.41, 5.74) is 1.01. The Morgan fingerprint density at radius 1 is 1.21 bits per heavy atom.